The van der Waals surface area contributed by atoms with Crippen LogP contribution in [0.5, 0.6) is 0 Å². The van der Waals surface area contributed by atoms with E-state index in [-0.39, 0.29) is 10.8 Å². The van der Waals surface area contributed by atoms with Gasteiger partial charge < -0.3 is 5.32 Å². The summed E-state index contributed by atoms with van der Waals surface area (Å²) in [4.78, 5) is 16.3. The number of aryl methyl sites for hydroxylation is 1. The third-order valence-electron chi connectivity index (χ3n) is 2.88. The van der Waals surface area contributed by atoms with Gasteiger partial charge in [-0.1, -0.05) is 13.3 Å². The first-order valence-corrected chi connectivity index (χ1v) is 8.90. The van der Waals surface area contributed by atoms with E-state index in [1.54, 1.807) is 6.92 Å². The topological polar surface area (TPSA) is 81.1 Å². The first kappa shape index (κ1) is 15.7. The molecule has 0 saturated heterocycles. The van der Waals surface area contributed by atoms with Crippen LogP contribution in [0, 0.1) is 6.92 Å². The molecule has 114 valence electrons. The summed E-state index contributed by atoms with van der Waals surface area (Å²) in [5.41, 5.74) is 0.617. The molecule has 0 aliphatic carbocycles. The Kier molecular flexibility index (Phi) is 4.79. The SMILES string of the molecule is CCCCNC(=O)c1cc(S(=O)(=O)n2cnc(C)c2)cs1. The maximum Gasteiger partial charge on any atom is 0.269 e. The minimum absolute atomic E-state index is 0.102. The van der Waals surface area contributed by atoms with Crippen LogP contribution in [-0.2, 0) is 10.0 Å². The van der Waals surface area contributed by atoms with Crippen molar-refractivity contribution >= 4 is 27.3 Å². The lowest BCUT2D eigenvalue weighted by Gasteiger charge is -2.02. The zero-order chi connectivity index (χ0) is 15.5. The molecule has 0 bridgehead atoms. The van der Waals surface area contributed by atoms with Crippen LogP contribution in [0.4, 0.5) is 0 Å². The van der Waals surface area contributed by atoms with Crippen LogP contribution in [0.25, 0.3) is 0 Å². The van der Waals surface area contributed by atoms with Crippen LogP contribution in [-0.4, -0.2) is 29.8 Å². The Bertz CT molecular complexity index is 731. The molecular formula is C13H17N3O3S2. The Hall–Kier alpha value is -1.67. The number of amides is 1. The smallest absolute Gasteiger partial charge is 0.269 e. The molecular weight excluding hydrogens is 310 g/mol. The van der Waals surface area contributed by atoms with Crippen LogP contribution in [0.1, 0.15) is 35.1 Å². The highest BCUT2D eigenvalue weighted by atomic mass is 32.2. The number of hydrogen-bond donors (Lipinski definition) is 1. The lowest BCUT2D eigenvalue weighted by Crippen LogP contribution is -2.23. The van der Waals surface area contributed by atoms with Crippen LogP contribution in [0.3, 0.4) is 0 Å². The van der Waals surface area contributed by atoms with Gasteiger partial charge in [0.1, 0.15) is 6.33 Å². The molecule has 0 aliphatic heterocycles. The van der Waals surface area contributed by atoms with Crippen molar-refractivity contribution < 1.29 is 13.2 Å². The second-order valence-corrected chi connectivity index (χ2v) is 7.36. The van der Waals surface area contributed by atoms with Gasteiger partial charge in [0.2, 0.25) is 0 Å². The van der Waals surface area contributed by atoms with Crippen molar-refractivity contribution in [3.05, 3.63) is 34.5 Å². The van der Waals surface area contributed by atoms with Crippen molar-refractivity contribution in [3.63, 3.8) is 0 Å². The number of rotatable bonds is 6. The van der Waals surface area contributed by atoms with Gasteiger partial charge >= 0.3 is 0 Å². The van der Waals surface area contributed by atoms with Crippen molar-refractivity contribution in [2.24, 2.45) is 0 Å². The predicted molar refractivity (Wildman–Crippen MR) is 81.1 cm³/mol. The summed E-state index contributed by atoms with van der Waals surface area (Å²) in [6, 6.07) is 1.40. The predicted octanol–water partition coefficient (Wildman–Crippen LogP) is 2.02. The van der Waals surface area contributed by atoms with Gasteiger partial charge in [0.15, 0.2) is 0 Å². The Morgan fingerprint density at radius 2 is 2.24 bits per heavy atom. The fraction of sp³-hybridized carbons (Fsp3) is 0.385. The van der Waals surface area contributed by atoms with E-state index in [9.17, 15) is 13.2 Å². The monoisotopic (exact) mass is 327 g/mol. The zero-order valence-corrected chi connectivity index (χ0v) is 13.5. The van der Waals surface area contributed by atoms with Gasteiger partial charge in [-0.05, 0) is 19.4 Å². The van der Waals surface area contributed by atoms with Crippen molar-refractivity contribution in [2.75, 3.05) is 6.54 Å². The molecule has 0 spiro atoms. The normalized spacial score (nSPS) is 11.5. The summed E-state index contributed by atoms with van der Waals surface area (Å²) in [7, 11) is -3.67. The van der Waals surface area contributed by atoms with E-state index < -0.39 is 10.0 Å². The third kappa shape index (κ3) is 3.51. The molecule has 21 heavy (non-hydrogen) atoms. The lowest BCUT2D eigenvalue weighted by atomic mass is 10.3. The molecule has 0 atom stereocenters. The Morgan fingerprint density at radius 3 is 2.86 bits per heavy atom. The van der Waals surface area contributed by atoms with Crippen LogP contribution in [0.15, 0.2) is 28.9 Å². The minimum Gasteiger partial charge on any atom is -0.351 e. The van der Waals surface area contributed by atoms with Gasteiger partial charge in [-0.3, -0.25) is 4.79 Å². The second kappa shape index (κ2) is 6.40. The maximum atomic E-state index is 12.3. The van der Waals surface area contributed by atoms with Gasteiger partial charge in [-0.2, -0.15) is 0 Å². The number of hydrogen-bond acceptors (Lipinski definition) is 5. The number of carbonyl (C=O) groups excluding carboxylic acids is 1. The van der Waals surface area contributed by atoms with E-state index in [2.05, 4.69) is 10.3 Å². The summed E-state index contributed by atoms with van der Waals surface area (Å²) in [5, 5.41) is 4.24. The molecule has 2 rings (SSSR count). The average molecular weight is 327 g/mol. The molecule has 0 aliphatic rings. The standard InChI is InChI=1S/C13H17N3O3S2/c1-3-4-5-14-13(17)12-6-11(8-20-12)21(18,19)16-7-10(2)15-9-16/h6-9H,3-5H2,1-2H3,(H,14,17). The summed E-state index contributed by atoms with van der Waals surface area (Å²) < 4.78 is 25.7. The maximum absolute atomic E-state index is 12.3. The highest BCUT2D eigenvalue weighted by molar-refractivity contribution is 7.90. The molecule has 0 radical (unpaired) electrons. The van der Waals surface area contributed by atoms with Crippen molar-refractivity contribution in [2.45, 2.75) is 31.6 Å². The van der Waals surface area contributed by atoms with Gasteiger partial charge in [-0.25, -0.2) is 17.4 Å². The van der Waals surface area contributed by atoms with Gasteiger partial charge in [0, 0.05) is 18.1 Å². The number of thiophene rings is 1. The summed E-state index contributed by atoms with van der Waals surface area (Å²) in [6.45, 7) is 4.34. The van der Waals surface area contributed by atoms with Gasteiger partial charge in [-0.15, -0.1) is 11.3 Å². The van der Waals surface area contributed by atoms with E-state index in [0.717, 1.165) is 28.2 Å². The van der Waals surface area contributed by atoms with Crippen molar-refractivity contribution in [3.8, 4) is 0 Å². The quantitative estimate of drug-likeness (QED) is 0.823. The van der Waals surface area contributed by atoms with Crippen LogP contribution in [0.2, 0.25) is 0 Å². The highest BCUT2D eigenvalue weighted by Crippen LogP contribution is 2.21. The molecule has 2 aromatic heterocycles. The second-order valence-electron chi connectivity index (χ2n) is 4.61. The zero-order valence-electron chi connectivity index (χ0n) is 11.9. The van der Waals surface area contributed by atoms with E-state index in [0.29, 0.717) is 17.1 Å². The molecule has 0 saturated carbocycles. The summed E-state index contributed by atoms with van der Waals surface area (Å²) in [5.74, 6) is -0.239. The fourth-order valence-corrected chi connectivity index (χ4v) is 4.05. The first-order valence-electron chi connectivity index (χ1n) is 6.58. The van der Waals surface area contributed by atoms with Crippen molar-refractivity contribution in [1.29, 1.82) is 0 Å². The van der Waals surface area contributed by atoms with Crippen LogP contribution >= 0.6 is 11.3 Å². The summed E-state index contributed by atoms with van der Waals surface area (Å²) >= 11 is 1.12. The number of imidazole rings is 1. The first-order chi connectivity index (χ1) is 9.95. The highest BCUT2D eigenvalue weighted by Gasteiger charge is 2.20. The third-order valence-corrected chi connectivity index (χ3v) is 5.54. The summed E-state index contributed by atoms with van der Waals surface area (Å²) in [6.07, 6.45) is 4.58. The number of nitrogens with zero attached hydrogens (tertiary/aromatic N) is 2. The fourth-order valence-electron chi connectivity index (χ4n) is 1.69. The number of nitrogens with one attached hydrogen (secondary N) is 1. The van der Waals surface area contributed by atoms with E-state index in [1.165, 1.54) is 24.0 Å². The number of unbranched alkanes of at least 4 members (excludes halogenated alkanes) is 1. The molecule has 1 amide bonds. The lowest BCUT2D eigenvalue weighted by molar-refractivity contribution is 0.0957. The molecule has 6 nitrogen and oxygen atoms in total. The van der Waals surface area contributed by atoms with Gasteiger partial charge in [0.05, 0.1) is 15.5 Å². The molecule has 2 heterocycles. The molecule has 1 N–H and O–H groups in total. The Balaban J connectivity index is 2.18. The van der Waals surface area contributed by atoms with Gasteiger partial charge in [0.25, 0.3) is 15.9 Å². The number of carbonyl (C=O) groups is 1. The van der Waals surface area contributed by atoms with E-state index in [4.69, 9.17) is 0 Å². The largest absolute Gasteiger partial charge is 0.351 e. The molecule has 2 aromatic rings. The average Bonchev–Trinajstić information content (AvgIpc) is 3.08. The number of aromatic nitrogens is 2. The molecule has 0 fully saturated rings. The van der Waals surface area contributed by atoms with E-state index in [1.807, 2.05) is 6.92 Å². The Morgan fingerprint density at radius 1 is 1.48 bits per heavy atom. The van der Waals surface area contributed by atoms with E-state index >= 15 is 0 Å². The molecule has 8 heteroatoms. The molecule has 0 unspecified atom stereocenters. The van der Waals surface area contributed by atoms with Crippen LogP contribution < -0.4 is 5.32 Å². The van der Waals surface area contributed by atoms with Crippen molar-refractivity contribution in [1.82, 2.24) is 14.3 Å². The molecule has 0 aromatic carbocycles. The minimum atomic E-state index is -3.67. The Labute approximate surface area is 127 Å².